The molecule has 1 nitrogen and oxygen atoms in total. The Morgan fingerprint density at radius 3 is 2.79 bits per heavy atom. The van der Waals surface area contributed by atoms with E-state index in [2.05, 4.69) is 72.3 Å². The van der Waals surface area contributed by atoms with E-state index in [0.717, 1.165) is 11.0 Å². The van der Waals surface area contributed by atoms with Crippen LogP contribution in [0, 0.1) is 0 Å². The van der Waals surface area contributed by atoms with E-state index < -0.39 is 0 Å². The third kappa shape index (κ3) is 2.39. The van der Waals surface area contributed by atoms with Crippen LogP contribution in [0.4, 0.5) is 0 Å². The Morgan fingerprint density at radius 1 is 1.32 bits per heavy atom. The number of nitrogens with one attached hydrogen (secondary N) is 1. The second-order valence-electron chi connectivity index (χ2n) is 5.89. The van der Waals surface area contributed by atoms with Crippen molar-refractivity contribution in [2.75, 3.05) is 6.54 Å². The van der Waals surface area contributed by atoms with Gasteiger partial charge in [0.1, 0.15) is 0 Å². The van der Waals surface area contributed by atoms with Crippen LogP contribution in [0.1, 0.15) is 37.3 Å². The molecule has 0 saturated heterocycles. The van der Waals surface area contributed by atoms with Gasteiger partial charge < -0.3 is 5.32 Å². The van der Waals surface area contributed by atoms with Crippen molar-refractivity contribution in [1.82, 2.24) is 5.32 Å². The van der Waals surface area contributed by atoms with Crippen molar-refractivity contribution in [1.29, 1.82) is 0 Å². The molecular formula is C16H18BrNS. The van der Waals surface area contributed by atoms with Crippen molar-refractivity contribution in [2.24, 2.45) is 0 Å². The quantitative estimate of drug-likeness (QED) is 0.762. The van der Waals surface area contributed by atoms with Crippen molar-refractivity contribution in [3.8, 4) is 10.4 Å². The summed E-state index contributed by atoms with van der Waals surface area (Å²) in [6, 6.07) is 11.4. The zero-order valence-electron chi connectivity index (χ0n) is 11.5. The van der Waals surface area contributed by atoms with Gasteiger partial charge in [0.15, 0.2) is 0 Å². The van der Waals surface area contributed by atoms with Crippen molar-refractivity contribution in [2.45, 2.75) is 32.2 Å². The molecule has 1 unspecified atom stereocenters. The molecule has 0 saturated carbocycles. The maximum atomic E-state index is 3.61. The average molecular weight is 336 g/mol. The van der Waals surface area contributed by atoms with Gasteiger partial charge in [-0.3, -0.25) is 0 Å². The van der Waals surface area contributed by atoms with Crippen molar-refractivity contribution in [3.05, 3.63) is 45.2 Å². The Hall–Kier alpha value is -0.640. The summed E-state index contributed by atoms with van der Waals surface area (Å²) in [5, 5.41) is 3.61. The first-order valence-electron chi connectivity index (χ1n) is 6.61. The summed E-state index contributed by atoms with van der Waals surface area (Å²) in [7, 11) is 0. The Balaban J connectivity index is 2.11. The number of thiophene rings is 1. The van der Waals surface area contributed by atoms with Crippen LogP contribution in [-0.4, -0.2) is 6.54 Å². The second kappa shape index (κ2) is 4.72. The highest BCUT2D eigenvalue weighted by molar-refractivity contribution is 9.10. The molecule has 1 atom stereocenters. The SMILES string of the molecule is CC1NCC(C)(C)c2cc(-c3cccc(Br)c3)sc21. The molecule has 100 valence electrons. The fourth-order valence-electron chi connectivity index (χ4n) is 2.64. The highest BCUT2D eigenvalue weighted by Crippen LogP contribution is 2.43. The number of fused-ring (bicyclic) bond motifs is 1. The van der Waals surface area contributed by atoms with E-state index in [1.165, 1.54) is 20.9 Å². The molecule has 1 aromatic carbocycles. The summed E-state index contributed by atoms with van der Waals surface area (Å²) in [5.41, 5.74) is 3.04. The number of hydrogen-bond acceptors (Lipinski definition) is 2. The summed E-state index contributed by atoms with van der Waals surface area (Å²) in [4.78, 5) is 2.86. The Kier molecular flexibility index (Phi) is 3.32. The minimum absolute atomic E-state index is 0.225. The van der Waals surface area contributed by atoms with Crippen LogP contribution in [0.25, 0.3) is 10.4 Å². The van der Waals surface area contributed by atoms with Gasteiger partial charge in [0.05, 0.1) is 0 Å². The summed E-state index contributed by atoms with van der Waals surface area (Å²) >= 11 is 5.48. The van der Waals surface area contributed by atoms with Crippen LogP contribution in [0.5, 0.6) is 0 Å². The monoisotopic (exact) mass is 335 g/mol. The Morgan fingerprint density at radius 2 is 2.11 bits per heavy atom. The highest BCUT2D eigenvalue weighted by Gasteiger charge is 2.32. The fourth-order valence-corrected chi connectivity index (χ4v) is 4.40. The largest absolute Gasteiger partial charge is 0.309 e. The first kappa shape index (κ1) is 13.3. The normalized spacial score (nSPS) is 21.2. The molecule has 2 aromatic rings. The molecule has 2 heterocycles. The average Bonchev–Trinajstić information content (AvgIpc) is 2.81. The van der Waals surface area contributed by atoms with Gasteiger partial charge in [-0.1, -0.05) is 41.9 Å². The smallest absolute Gasteiger partial charge is 0.0389 e. The molecule has 1 aliphatic rings. The first-order valence-corrected chi connectivity index (χ1v) is 8.22. The summed E-state index contributed by atoms with van der Waals surface area (Å²) in [6.45, 7) is 7.95. The van der Waals surface area contributed by atoms with Crippen molar-refractivity contribution >= 4 is 27.3 Å². The Labute approximate surface area is 127 Å². The molecule has 1 N–H and O–H groups in total. The lowest BCUT2D eigenvalue weighted by atomic mass is 9.80. The molecule has 19 heavy (non-hydrogen) atoms. The van der Waals surface area contributed by atoms with E-state index >= 15 is 0 Å². The standard InChI is InChI=1S/C16H18BrNS/c1-10-15-13(16(2,3)9-18-10)8-14(19-15)11-5-4-6-12(17)7-11/h4-8,10,18H,9H2,1-3H3. The Bertz CT molecular complexity index is 615. The third-order valence-electron chi connectivity index (χ3n) is 3.84. The summed E-state index contributed by atoms with van der Waals surface area (Å²) < 4.78 is 1.14. The van der Waals surface area contributed by atoms with Crippen molar-refractivity contribution < 1.29 is 0 Å². The van der Waals surface area contributed by atoms with Gasteiger partial charge in [0, 0.05) is 32.2 Å². The van der Waals surface area contributed by atoms with Crippen LogP contribution < -0.4 is 5.32 Å². The maximum Gasteiger partial charge on any atom is 0.0389 e. The van der Waals surface area contributed by atoms with Crippen LogP contribution in [0.2, 0.25) is 0 Å². The van der Waals surface area contributed by atoms with E-state index in [1.54, 1.807) is 0 Å². The van der Waals surface area contributed by atoms with Gasteiger partial charge in [-0.05, 0) is 36.2 Å². The number of hydrogen-bond donors (Lipinski definition) is 1. The van der Waals surface area contributed by atoms with Gasteiger partial charge >= 0.3 is 0 Å². The van der Waals surface area contributed by atoms with Crippen LogP contribution >= 0.6 is 27.3 Å². The van der Waals surface area contributed by atoms with Gasteiger partial charge in [-0.25, -0.2) is 0 Å². The lowest BCUT2D eigenvalue weighted by Gasteiger charge is -2.34. The fraction of sp³-hybridized carbons (Fsp3) is 0.375. The van der Waals surface area contributed by atoms with Gasteiger partial charge in [-0.2, -0.15) is 0 Å². The molecule has 0 aliphatic carbocycles. The lowest BCUT2D eigenvalue weighted by Crippen LogP contribution is -2.39. The molecule has 1 aliphatic heterocycles. The van der Waals surface area contributed by atoms with Gasteiger partial charge in [0.25, 0.3) is 0 Å². The van der Waals surface area contributed by atoms with Crippen molar-refractivity contribution in [3.63, 3.8) is 0 Å². The van der Waals surface area contributed by atoms with E-state index in [1.807, 2.05) is 11.3 Å². The highest BCUT2D eigenvalue weighted by atomic mass is 79.9. The van der Waals surface area contributed by atoms with E-state index in [9.17, 15) is 0 Å². The third-order valence-corrected chi connectivity index (χ3v) is 5.70. The molecule has 0 fully saturated rings. The number of rotatable bonds is 1. The molecule has 0 spiro atoms. The first-order chi connectivity index (χ1) is 8.97. The minimum atomic E-state index is 0.225. The van der Waals surface area contributed by atoms with Gasteiger partial charge in [-0.15, -0.1) is 11.3 Å². The zero-order valence-corrected chi connectivity index (χ0v) is 13.9. The lowest BCUT2D eigenvalue weighted by molar-refractivity contribution is 0.401. The topological polar surface area (TPSA) is 12.0 Å². The molecule has 0 radical (unpaired) electrons. The maximum absolute atomic E-state index is 3.61. The van der Waals surface area contributed by atoms with Crippen LogP contribution in [0.15, 0.2) is 34.8 Å². The molecular weight excluding hydrogens is 318 g/mol. The molecule has 3 rings (SSSR count). The molecule has 0 bridgehead atoms. The minimum Gasteiger partial charge on any atom is -0.309 e. The number of benzene rings is 1. The molecule has 0 amide bonds. The van der Waals surface area contributed by atoms with Crippen LogP contribution in [-0.2, 0) is 5.41 Å². The summed E-state index contributed by atoms with van der Waals surface area (Å²) in [6.07, 6.45) is 0. The second-order valence-corrected chi connectivity index (χ2v) is 7.88. The predicted molar refractivity (Wildman–Crippen MR) is 86.9 cm³/mol. The van der Waals surface area contributed by atoms with Crippen LogP contribution in [0.3, 0.4) is 0 Å². The van der Waals surface area contributed by atoms with Gasteiger partial charge in [0.2, 0.25) is 0 Å². The van der Waals surface area contributed by atoms with E-state index in [4.69, 9.17) is 0 Å². The van der Waals surface area contributed by atoms with E-state index in [-0.39, 0.29) is 5.41 Å². The molecule has 1 aromatic heterocycles. The predicted octanol–water partition coefficient (Wildman–Crippen LogP) is 5.12. The summed E-state index contributed by atoms with van der Waals surface area (Å²) in [5.74, 6) is 0. The molecule has 3 heteroatoms. The van der Waals surface area contributed by atoms with E-state index in [0.29, 0.717) is 6.04 Å². The number of halogens is 1. The zero-order chi connectivity index (χ0) is 13.6.